The van der Waals surface area contributed by atoms with Gasteiger partial charge in [-0.2, -0.15) is 0 Å². The summed E-state index contributed by atoms with van der Waals surface area (Å²) in [5, 5.41) is 5.59. The Morgan fingerprint density at radius 3 is 2.16 bits per heavy atom. The third-order valence-corrected chi connectivity index (χ3v) is 6.63. The van der Waals surface area contributed by atoms with Crippen molar-refractivity contribution in [3.05, 3.63) is 24.0 Å². The number of amides is 3. The lowest BCUT2D eigenvalue weighted by molar-refractivity contribution is -0.120. The highest BCUT2D eigenvalue weighted by atomic mass is 19.1. The van der Waals surface area contributed by atoms with Gasteiger partial charge >= 0.3 is 6.03 Å². The molecular weight excluding hydrogens is 413 g/mol. The van der Waals surface area contributed by atoms with Crippen LogP contribution in [0, 0.1) is 11.7 Å². The van der Waals surface area contributed by atoms with E-state index in [2.05, 4.69) is 10.6 Å². The highest BCUT2D eigenvalue weighted by Crippen LogP contribution is 2.27. The zero-order valence-electron chi connectivity index (χ0n) is 18.6. The molecule has 3 fully saturated rings. The van der Waals surface area contributed by atoms with E-state index in [4.69, 9.17) is 9.47 Å². The molecule has 2 saturated heterocycles. The molecule has 0 radical (unpaired) electrons. The van der Waals surface area contributed by atoms with Crippen molar-refractivity contribution < 1.29 is 23.5 Å². The second-order valence-electron chi connectivity index (χ2n) is 9.12. The number of rotatable bonds is 7. The van der Waals surface area contributed by atoms with Gasteiger partial charge in [-0.1, -0.05) is 19.3 Å². The molecule has 7 nitrogen and oxygen atoms in total. The SMILES string of the molecule is O=C(Nc1cc(NC(=O)N(CC2CCCO2)CC2CCCO2)ccc1F)C1CCCCC1. The van der Waals surface area contributed by atoms with Crippen LogP contribution in [0.4, 0.5) is 20.6 Å². The van der Waals surface area contributed by atoms with Crippen LogP contribution in [-0.2, 0) is 14.3 Å². The molecule has 3 aliphatic rings. The average molecular weight is 448 g/mol. The zero-order valence-corrected chi connectivity index (χ0v) is 18.6. The first-order valence-corrected chi connectivity index (χ1v) is 12.0. The number of benzene rings is 1. The summed E-state index contributed by atoms with van der Waals surface area (Å²) in [6.45, 7) is 2.44. The summed E-state index contributed by atoms with van der Waals surface area (Å²) < 4.78 is 25.8. The summed E-state index contributed by atoms with van der Waals surface area (Å²) >= 11 is 0. The molecule has 1 aromatic carbocycles. The van der Waals surface area contributed by atoms with Gasteiger partial charge in [-0.25, -0.2) is 9.18 Å². The number of carbonyl (C=O) groups excluding carboxylic acids is 2. The predicted octanol–water partition coefficient (Wildman–Crippen LogP) is 4.54. The molecule has 32 heavy (non-hydrogen) atoms. The Bertz CT molecular complexity index is 769. The van der Waals surface area contributed by atoms with E-state index in [1.165, 1.54) is 18.2 Å². The molecule has 8 heteroatoms. The van der Waals surface area contributed by atoms with Crippen LogP contribution in [0.2, 0.25) is 0 Å². The van der Waals surface area contributed by atoms with Gasteiger partial charge in [0, 0.05) is 37.9 Å². The van der Waals surface area contributed by atoms with Crippen LogP contribution < -0.4 is 10.6 Å². The minimum absolute atomic E-state index is 0.0284. The van der Waals surface area contributed by atoms with Crippen LogP contribution in [0.25, 0.3) is 0 Å². The van der Waals surface area contributed by atoms with Gasteiger partial charge in [-0.15, -0.1) is 0 Å². The monoisotopic (exact) mass is 447 g/mol. The minimum atomic E-state index is -0.511. The van der Waals surface area contributed by atoms with Crippen LogP contribution in [-0.4, -0.2) is 55.3 Å². The Balaban J connectivity index is 1.40. The summed E-state index contributed by atoms with van der Waals surface area (Å²) in [6.07, 6.45) is 8.81. The number of hydrogen-bond acceptors (Lipinski definition) is 4. The molecule has 2 heterocycles. The van der Waals surface area contributed by atoms with Gasteiger partial charge in [-0.05, 0) is 56.7 Å². The van der Waals surface area contributed by atoms with E-state index in [0.29, 0.717) is 18.8 Å². The fourth-order valence-electron chi connectivity index (χ4n) is 4.81. The van der Waals surface area contributed by atoms with Crippen LogP contribution in [0.1, 0.15) is 57.8 Å². The van der Waals surface area contributed by atoms with Gasteiger partial charge in [0.1, 0.15) is 5.82 Å². The van der Waals surface area contributed by atoms with Crippen molar-refractivity contribution >= 4 is 23.3 Å². The minimum Gasteiger partial charge on any atom is -0.376 e. The summed E-state index contributed by atoms with van der Waals surface area (Å²) in [5.74, 6) is -0.733. The predicted molar refractivity (Wildman–Crippen MR) is 120 cm³/mol. The van der Waals surface area contributed by atoms with Gasteiger partial charge in [0.15, 0.2) is 0 Å². The quantitative estimate of drug-likeness (QED) is 0.643. The Hall–Kier alpha value is -2.19. The number of nitrogens with zero attached hydrogens (tertiary/aromatic N) is 1. The van der Waals surface area contributed by atoms with Crippen molar-refractivity contribution in [2.75, 3.05) is 36.9 Å². The number of carbonyl (C=O) groups is 2. The highest BCUT2D eigenvalue weighted by molar-refractivity contribution is 5.94. The molecular formula is C24H34FN3O4. The summed E-state index contributed by atoms with van der Waals surface area (Å²) in [6, 6.07) is 4.01. The highest BCUT2D eigenvalue weighted by Gasteiger charge is 2.27. The summed E-state index contributed by atoms with van der Waals surface area (Å²) in [4.78, 5) is 27.4. The molecule has 1 aromatic rings. The molecule has 1 aliphatic carbocycles. The molecule has 176 valence electrons. The molecule has 4 rings (SSSR count). The normalized spacial score (nSPS) is 23.8. The number of ether oxygens (including phenoxy) is 2. The Morgan fingerprint density at radius 1 is 0.906 bits per heavy atom. The lowest BCUT2D eigenvalue weighted by atomic mass is 9.88. The molecule has 0 spiro atoms. The standard InChI is InChI=1S/C24H34FN3O4/c25-21-11-10-18(14-22(21)27-23(29)17-6-2-1-3-7-17)26-24(30)28(15-19-8-4-12-31-19)16-20-9-5-13-32-20/h10-11,14,17,19-20H,1-9,12-13,15-16H2,(H,26,30)(H,27,29). The van der Waals surface area contributed by atoms with E-state index in [1.807, 2.05) is 0 Å². The molecule has 2 unspecified atom stereocenters. The lowest BCUT2D eigenvalue weighted by Gasteiger charge is -2.28. The van der Waals surface area contributed by atoms with Crippen LogP contribution >= 0.6 is 0 Å². The second kappa shape index (κ2) is 11.1. The fourth-order valence-corrected chi connectivity index (χ4v) is 4.81. The van der Waals surface area contributed by atoms with Crippen molar-refractivity contribution in [2.45, 2.75) is 70.0 Å². The maximum atomic E-state index is 14.4. The smallest absolute Gasteiger partial charge is 0.322 e. The first-order valence-electron chi connectivity index (χ1n) is 12.0. The Labute approximate surface area is 189 Å². The molecule has 1 saturated carbocycles. The van der Waals surface area contributed by atoms with Crippen LogP contribution in [0.15, 0.2) is 18.2 Å². The van der Waals surface area contributed by atoms with E-state index < -0.39 is 5.82 Å². The lowest BCUT2D eigenvalue weighted by Crippen LogP contribution is -2.44. The Morgan fingerprint density at radius 2 is 1.56 bits per heavy atom. The van der Waals surface area contributed by atoms with Gasteiger partial charge in [0.2, 0.25) is 5.91 Å². The summed E-state index contributed by atoms with van der Waals surface area (Å²) in [7, 11) is 0. The van der Waals surface area contributed by atoms with Gasteiger partial charge in [0.25, 0.3) is 0 Å². The van der Waals surface area contributed by atoms with Crippen molar-refractivity contribution in [1.29, 1.82) is 0 Å². The Kier molecular flexibility index (Phi) is 7.97. The number of hydrogen-bond donors (Lipinski definition) is 2. The summed E-state index contributed by atoms with van der Waals surface area (Å²) in [5.41, 5.74) is 0.545. The first kappa shape index (κ1) is 23.0. The molecule has 2 N–H and O–H groups in total. The molecule has 2 atom stereocenters. The van der Waals surface area contributed by atoms with E-state index in [9.17, 15) is 14.0 Å². The molecule has 0 bridgehead atoms. The number of anilines is 2. The first-order chi connectivity index (χ1) is 15.6. The average Bonchev–Trinajstić information content (AvgIpc) is 3.50. The molecule has 0 aromatic heterocycles. The van der Waals surface area contributed by atoms with E-state index in [1.54, 1.807) is 4.90 Å². The third kappa shape index (κ3) is 6.19. The number of urea groups is 1. The van der Waals surface area contributed by atoms with Crippen molar-refractivity contribution in [2.24, 2.45) is 5.92 Å². The second-order valence-corrected chi connectivity index (χ2v) is 9.12. The zero-order chi connectivity index (χ0) is 22.3. The fraction of sp³-hybridized carbons (Fsp3) is 0.667. The largest absolute Gasteiger partial charge is 0.376 e. The molecule has 3 amide bonds. The number of nitrogens with one attached hydrogen (secondary N) is 2. The maximum Gasteiger partial charge on any atom is 0.322 e. The van der Waals surface area contributed by atoms with E-state index in [0.717, 1.165) is 71.0 Å². The van der Waals surface area contributed by atoms with Crippen LogP contribution in [0.3, 0.4) is 0 Å². The molecule has 2 aliphatic heterocycles. The van der Waals surface area contributed by atoms with Gasteiger partial charge in [0.05, 0.1) is 17.9 Å². The topological polar surface area (TPSA) is 79.9 Å². The number of halogens is 1. The van der Waals surface area contributed by atoms with E-state index in [-0.39, 0.29) is 35.8 Å². The van der Waals surface area contributed by atoms with Gasteiger partial charge in [-0.3, -0.25) is 4.79 Å². The van der Waals surface area contributed by atoms with Crippen molar-refractivity contribution in [3.63, 3.8) is 0 Å². The maximum absolute atomic E-state index is 14.4. The van der Waals surface area contributed by atoms with Crippen molar-refractivity contribution in [1.82, 2.24) is 4.90 Å². The van der Waals surface area contributed by atoms with Gasteiger partial charge < -0.3 is 25.0 Å². The van der Waals surface area contributed by atoms with Crippen LogP contribution in [0.5, 0.6) is 0 Å². The van der Waals surface area contributed by atoms with E-state index >= 15 is 0 Å². The third-order valence-electron chi connectivity index (χ3n) is 6.63. The van der Waals surface area contributed by atoms with Crippen molar-refractivity contribution in [3.8, 4) is 0 Å².